The Morgan fingerprint density at radius 2 is 1.42 bits per heavy atom. The molecule has 0 unspecified atom stereocenters. The van der Waals surface area contributed by atoms with E-state index in [-0.39, 0.29) is 5.75 Å². The number of phenols is 1. The second-order valence-corrected chi connectivity index (χ2v) is 6.42. The van der Waals surface area contributed by atoms with Crippen molar-refractivity contribution in [2.45, 2.75) is 6.92 Å². The molecule has 0 heterocycles. The number of fused-ring (bicyclic) bond motifs is 1. The van der Waals surface area contributed by atoms with Gasteiger partial charge < -0.3 is 9.84 Å². The molecular formula is C24H20O2. The first-order chi connectivity index (χ1) is 12.7. The summed E-state index contributed by atoms with van der Waals surface area (Å²) in [5.41, 5.74) is 5.84. The normalized spacial score (nSPS) is 10.8. The molecule has 0 aliphatic carbocycles. The average Bonchev–Trinajstić information content (AvgIpc) is 2.69. The molecule has 1 N–H and O–H groups in total. The fourth-order valence-corrected chi connectivity index (χ4v) is 3.53. The van der Waals surface area contributed by atoms with Crippen molar-refractivity contribution in [1.29, 1.82) is 0 Å². The molecule has 4 aromatic carbocycles. The lowest BCUT2D eigenvalue weighted by Gasteiger charge is -2.17. The summed E-state index contributed by atoms with van der Waals surface area (Å²) in [6, 6.07) is 26.3. The van der Waals surface area contributed by atoms with E-state index in [1.165, 1.54) is 27.5 Å². The second kappa shape index (κ2) is 6.57. The predicted molar refractivity (Wildman–Crippen MR) is 108 cm³/mol. The van der Waals surface area contributed by atoms with Gasteiger partial charge in [0.05, 0.1) is 7.11 Å². The first kappa shape index (κ1) is 16.2. The summed E-state index contributed by atoms with van der Waals surface area (Å²) in [4.78, 5) is 0. The third-order valence-corrected chi connectivity index (χ3v) is 4.87. The van der Waals surface area contributed by atoms with E-state index in [0.29, 0.717) is 0 Å². The van der Waals surface area contributed by atoms with Crippen molar-refractivity contribution in [3.63, 3.8) is 0 Å². The maximum absolute atomic E-state index is 9.67. The van der Waals surface area contributed by atoms with Crippen LogP contribution >= 0.6 is 0 Å². The number of hydrogen-bond donors (Lipinski definition) is 1. The number of aryl methyl sites for hydroxylation is 1. The number of benzene rings is 4. The van der Waals surface area contributed by atoms with Crippen molar-refractivity contribution >= 4 is 10.8 Å². The van der Waals surface area contributed by atoms with Crippen LogP contribution in [0.5, 0.6) is 11.5 Å². The Morgan fingerprint density at radius 1 is 0.769 bits per heavy atom. The summed E-state index contributed by atoms with van der Waals surface area (Å²) in [6.07, 6.45) is 0. The van der Waals surface area contributed by atoms with Gasteiger partial charge in [0.1, 0.15) is 11.5 Å². The zero-order valence-electron chi connectivity index (χ0n) is 14.9. The Balaban J connectivity index is 2.02. The summed E-state index contributed by atoms with van der Waals surface area (Å²) in [5.74, 6) is 1.12. The van der Waals surface area contributed by atoms with Gasteiger partial charge in [0.25, 0.3) is 0 Å². The van der Waals surface area contributed by atoms with Gasteiger partial charge in [0.15, 0.2) is 0 Å². The first-order valence-electron chi connectivity index (χ1n) is 8.63. The van der Waals surface area contributed by atoms with Crippen LogP contribution in [-0.4, -0.2) is 12.2 Å². The Kier molecular flexibility index (Phi) is 4.10. The SMILES string of the molecule is COc1ccc(-c2cc3ccccc3c(C)c2-c2ccc(O)cc2)cc1. The Hall–Kier alpha value is -3.26. The van der Waals surface area contributed by atoms with E-state index >= 15 is 0 Å². The van der Waals surface area contributed by atoms with E-state index in [9.17, 15) is 5.11 Å². The van der Waals surface area contributed by atoms with Crippen molar-refractivity contribution in [3.05, 3.63) is 84.4 Å². The van der Waals surface area contributed by atoms with Gasteiger partial charge in [-0.05, 0) is 75.8 Å². The highest BCUT2D eigenvalue weighted by Gasteiger charge is 2.14. The van der Waals surface area contributed by atoms with E-state index < -0.39 is 0 Å². The number of aromatic hydroxyl groups is 1. The zero-order valence-corrected chi connectivity index (χ0v) is 14.9. The lowest BCUT2D eigenvalue weighted by molar-refractivity contribution is 0.415. The van der Waals surface area contributed by atoms with Gasteiger partial charge in [-0.2, -0.15) is 0 Å². The number of hydrogen-bond acceptors (Lipinski definition) is 2. The molecule has 0 saturated heterocycles. The lowest BCUT2D eigenvalue weighted by atomic mass is 9.87. The van der Waals surface area contributed by atoms with Crippen LogP contribution in [0.1, 0.15) is 5.56 Å². The highest BCUT2D eigenvalue weighted by atomic mass is 16.5. The summed E-state index contributed by atoms with van der Waals surface area (Å²) >= 11 is 0. The molecule has 0 amide bonds. The number of ether oxygens (including phenoxy) is 1. The number of rotatable bonds is 3. The van der Waals surface area contributed by atoms with Crippen LogP contribution in [0.4, 0.5) is 0 Å². The molecule has 0 fully saturated rings. The van der Waals surface area contributed by atoms with Crippen LogP contribution in [0, 0.1) is 6.92 Å². The molecule has 26 heavy (non-hydrogen) atoms. The molecule has 4 rings (SSSR count). The van der Waals surface area contributed by atoms with Gasteiger partial charge in [-0.1, -0.05) is 48.5 Å². The fourth-order valence-electron chi connectivity index (χ4n) is 3.53. The zero-order chi connectivity index (χ0) is 18.1. The third-order valence-electron chi connectivity index (χ3n) is 4.87. The molecule has 128 valence electrons. The highest BCUT2D eigenvalue weighted by molar-refractivity contribution is 5.99. The smallest absolute Gasteiger partial charge is 0.118 e. The van der Waals surface area contributed by atoms with E-state index in [4.69, 9.17) is 4.74 Å². The van der Waals surface area contributed by atoms with E-state index in [2.05, 4.69) is 49.4 Å². The van der Waals surface area contributed by atoms with Gasteiger partial charge in [-0.25, -0.2) is 0 Å². The van der Waals surface area contributed by atoms with Gasteiger partial charge in [-0.15, -0.1) is 0 Å². The largest absolute Gasteiger partial charge is 0.508 e. The van der Waals surface area contributed by atoms with Gasteiger partial charge >= 0.3 is 0 Å². The second-order valence-electron chi connectivity index (χ2n) is 6.42. The van der Waals surface area contributed by atoms with Crippen LogP contribution in [0.25, 0.3) is 33.0 Å². The Morgan fingerprint density at radius 3 is 2.12 bits per heavy atom. The van der Waals surface area contributed by atoms with Gasteiger partial charge in [0, 0.05) is 0 Å². The quantitative estimate of drug-likeness (QED) is 0.481. The van der Waals surface area contributed by atoms with E-state index in [1.807, 2.05) is 24.3 Å². The molecule has 0 aliphatic rings. The minimum Gasteiger partial charge on any atom is -0.508 e. The number of methoxy groups -OCH3 is 1. The van der Waals surface area contributed by atoms with Gasteiger partial charge in [-0.3, -0.25) is 0 Å². The molecule has 0 bridgehead atoms. The Bertz CT molecular complexity index is 1060. The van der Waals surface area contributed by atoms with Crippen LogP contribution in [0.2, 0.25) is 0 Å². The lowest BCUT2D eigenvalue weighted by Crippen LogP contribution is -1.92. The predicted octanol–water partition coefficient (Wildman–Crippen LogP) is 6.20. The summed E-state index contributed by atoms with van der Waals surface area (Å²) in [5, 5.41) is 12.1. The molecule has 0 aliphatic heterocycles. The van der Waals surface area contributed by atoms with Crippen molar-refractivity contribution < 1.29 is 9.84 Å². The molecular weight excluding hydrogens is 320 g/mol. The maximum Gasteiger partial charge on any atom is 0.118 e. The van der Waals surface area contributed by atoms with Crippen molar-refractivity contribution in [2.24, 2.45) is 0 Å². The molecule has 0 radical (unpaired) electrons. The molecule has 0 saturated carbocycles. The minimum absolute atomic E-state index is 0.276. The number of phenolic OH excluding ortho intramolecular Hbond substituents is 1. The minimum atomic E-state index is 0.276. The average molecular weight is 340 g/mol. The Labute approximate surface area is 153 Å². The maximum atomic E-state index is 9.67. The van der Waals surface area contributed by atoms with Crippen molar-refractivity contribution in [2.75, 3.05) is 7.11 Å². The van der Waals surface area contributed by atoms with Crippen LogP contribution in [-0.2, 0) is 0 Å². The summed E-state index contributed by atoms with van der Waals surface area (Å²) in [6.45, 7) is 2.16. The van der Waals surface area contributed by atoms with Crippen LogP contribution < -0.4 is 4.74 Å². The molecule has 0 atom stereocenters. The molecule has 4 aromatic rings. The highest BCUT2D eigenvalue weighted by Crippen LogP contribution is 2.40. The summed E-state index contributed by atoms with van der Waals surface area (Å²) < 4.78 is 5.30. The fraction of sp³-hybridized carbons (Fsp3) is 0.0833. The van der Waals surface area contributed by atoms with Crippen molar-refractivity contribution in [3.8, 4) is 33.8 Å². The van der Waals surface area contributed by atoms with Crippen LogP contribution in [0.15, 0.2) is 78.9 Å². The topological polar surface area (TPSA) is 29.5 Å². The van der Waals surface area contributed by atoms with Crippen LogP contribution in [0.3, 0.4) is 0 Å². The third kappa shape index (κ3) is 2.80. The molecule has 2 nitrogen and oxygen atoms in total. The first-order valence-corrected chi connectivity index (χ1v) is 8.63. The van der Waals surface area contributed by atoms with Gasteiger partial charge in [0.2, 0.25) is 0 Å². The van der Waals surface area contributed by atoms with E-state index in [0.717, 1.165) is 16.9 Å². The monoisotopic (exact) mass is 340 g/mol. The van der Waals surface area contributed by atoms with E-state index in [1.54, 1.807) is 19.2 Å². The van der Waals surface area contributed by atoms with Crippen molar-refractivity contribution in [1.82, 2.24) is 0 Å². The molecule has 0 spiro atoms. The standard InChI is InChI=1S/C24H20O2/c1-16-22-6-4-3-5-19(22)15-23(17-9-13-21(26-2)14-10-17)24(16)18-7-11-20(25)12-8-18/h3-15,25H,1-2H3. The molecule has 2 heteroatoms. The molecule has 0 aromatic heterocycles. The summed E-state index contributed by atoms with van der Waals surface area (Å²) in [7, 11) is 1.68.